The van der Waals surface area contributed by atoms with E-state index in [4.69, 9.17) is 9.84 Å². The first-order chi connectivity index (χ1) is 15.7. The van der Waals surface area contributed by atoms with E-state index >= 15 is 0 Å². The number of hydrogen-bond acceptors (Lipinski definition) is 5. The van der Waals surface area contributed by atoms with E-state index in [9.17, 15) is 13.2 Å². The third kappa shape index (κ3) is 5.27. The zero-order valence-electron chi connectivity index (χ0n) is 17.3. The highest BCUT2D eigenvalue weighted by Gasteiger charge is 2.22. The minimum atomic E-state index is -3.94. The van der Waals surface area contributed by atoms with Crippen LogP contribution in [-0.4, -0.2) is 19.7 Å². The zero-order chi connectivity index (χ0) is 23.6. The van der Waals surface area contributed by atoms with Gasteiger partial charge in [-0.1, -0.05) is 81.9 Å². The van der Waals surface area contributed by atoms with Crippen LogP contribution in [0.4, 0.5) is 10.5 Å². The van der Waals surface area contributed by atoms with E-state index < -0.39 is 16.2 Å². The van der Waals surface area contributed by atoms with Gasteiger partial charge in [0.15, 0.2) is 0 Å². The highest BCUT2D eigenvalue weighted by atomic mass is 79.9. The Labute approximate surface area is 203 Å². The zero-order valence-corrected chi connectivity index (χ0v) is 20.5. The van der Waals surface area contributed by atoms with Gasteiger partial charge in [-0.15, -0.1) is 0 Å². The molecule has 0 aliphatic carbocycles. The van der Waals surface area contributed by atoms with Gasteiger partial charge >= 0.3 is 6.16 Å². The van der Waals surface area contributed by atoms with Crippen molar-refractivity contribution < 1.29 is 23.1 Å². The largest absolute Gasteiger partial charge is 0.512 e. The second kappa shape index (κ2) is 9.38. The van der Waals surface area contributed by atoms with Gasteiger partial charge < -0.3 is 9.84 Å². The number of carboxylic acid groups (broad SMARTS) is 1. The summed E-state index contributed by atoms with van der Waals surface area (Å²) in [7, 11) is -3.94. The van der Waals surface area contributed by atoms with Crippen LogP contribution in [0, 0.1) is 6.92 Å². The van der Waals surface area contributed by atoms with E-state index in [0.29, 0.717) is 10.4 Å². The molecule has 1 heterocycles. The van der Waals surface area contributed by atoms with Crippen molar-refractivity contribution in [2.24, 2.45) is 0 Å². The normalized spacial score (nSPS) is 11.2. The second-order valence-corrected chi connectivity index (χ2v) is 10.7. The number of nitrogens with one attached hydrogen (secondary N) is 1. The van der Waals surface area contributed by atoms with Crippen LogP contribution in [0.25, 0.3) is 21.6 Å². The lowest BCUT2D eigenvalue weighted by Crippen LogP contribution is -2.15. The summed E-state index contributed by atoms with van der Waals surface area (Å²) in [6.45, 7) is 1.69. The maximum Gasteiger partial charge on any atom is 0.512 e. The fourth-order valence-corrected chi connectivity index (χ4v) is 5.86. The number of benzene rings is 3. The van der Waals surface area contributed by atoms with Crippen LogP contribution in [0.2, 0.25) is 0 Å². The molecule has 0 fully saturated rings. The number of ether oxygens (including phenoxy) is 1. The minimum Gasteiger partial charge on any atom is -0.449 e. The van der Waals surface area contributed by atoms with Gasteiger partial charge in [-0.3, -0.25) is 4.72 Å². The Kier molecular flexibility index (Phi) is 6.55. The van der Waals surface area contributed by atoms with Crippen molar-refractivity contribution in [3.63, 3.8) is 0 Å². The Hall–Kier alpha value is -3.14. The summed E-state index contributed by atoms with van der Waals surface area (Å²) in [6.07, 6.45) is -1.52. The molecule has 0 spiro atoms. The molecule has 33 heavy (non-hydrogen) atoms. The summed E-state index contributed by atoms with van der Waals surface area (Å²) in [5.41, 5.74) is 3.52. The molecule has 0 radical (unpaired) electrons. The van der Waals surface area contributed by atoms with Gasteiger partial charge in [0, 0.05) is 9.35 Å². The van der Waals surface area contributed by atoms with Gasteiger partial charge in [0.05, 0.1) is 4.90 Å². The summed E-state index contributed by atoms with van der Waals surface area (Å²) in [4.78, 5) is 12.0. The molecule has 4 aromatic rings. The molecular weight excluding hydrogens is 526 g/mol. The molecule has 3 aromatic carbocycles. The lowest BCUT2D eigenvalue weighted by Gasteiger charge is -2.10. The van der Waals surface area contributed by atoms with Crippen molar-refractivity contribution in [2.75, 3.05) is 4.72 Å². The van der Waals surface area contributed by atoms with Gasteiger partial charge in [0.1, 0.15) is 5.69 Å². The lowest BCUT2D eigenvalue weighted by molar-refractivity contribution is 0.146. The first kappa shape index (κ1) is 23.0. The molecule has 0 aliphatic rings. The average molecular weight is 544 g/mol. The molecule has 0 saturated heterocycles. The van der Waals surface area contributed by atoms with E-state index in [1.54, 1.807) is 31.2 Å². The van der Waals surface area contributed by atoms with Gasteiger partial charge in [-0.2, -0.15) is 0 Å². The number of thiophene rings is 1. The topological polar surface area (TPSA) is 92.7 Å². The molecule has 168 valence electrons. The Morgan fingerprint density at radius 1 is 0.939 bits per heavy atom. The fraction of sp³-hybridized carbons (Fsp3) is 0.0417. The predicted molar refractivity (Wildman–Crippen MR) is 134 cm³/mol. The van der Waals surface area contributed by atoms with E-state index in [0.717, 1.165) is 32.5 Å². The molecular formula is C24H18BrNO5S2. The van der Waals surface area contributed by atoms with E-state index in [-0.39, 0.29) is 15.6 Å². The number of anilines is 1. The van der Waals surface area contributed by atoms with Gasteiger partial charge in [0.25, 0.3) is 10.0 Å². The third-order valence-electron chi connectivity index (χ3n) is 4.85. The maximum atomic E-state index is 12.9. The van der Waals surface area contributed by atoms with Crippen molar-refractivity contribution in [1.29, 1.82) is 0 Å². The van der Waals surface area contributed by atoms with Crippen molar-refractivity contribution in [1.82, 2.24) is 0 Å². The Balaban J connectivity index is 1.67. The average Bonchev–Trinajstić information content (AvgIpc) is 3.15. The second-order valence-electron chi connectivity index (χ2n) is 7.13. The van der Waals surface area contributed by atoms with Crippen LogP contribution in [0.3, 0.4) is 0 Å². The summed E-state index contributed by atoms with van der Waals surface area (Å²) in [6, 6.07) is 23.8. The van der Waals surface area contributed by atoms with Crippen LogP contribution in [0.15, 0.2) is 88.2 Å². The Morgan fingerprint density at radius 3 is 2.12 bits per heavy atom. The molecule has 0 unspecified atom stereocenters. The standard InChI is InChI=1S/C24H18BrNO5S2/c1-15-4-2-3-5-22(15)33(29,30)26-20-14-21(32-23(20)31-24(27)28)18-8-6-16(7-9-18)17-10-12-19(25)13-11-17/h2-14,26H,1H3,(H,27,28). The lowest BCUT2D eigenvalue weighted by atomic mass is 10.0. The van der Waals surface area contributed by atoms with Crippen molar-refractivity contribution in [3.05, 3.63) is 88.9 Å². The van der Waals surface area contributed by atoms with E-state index in [2.05, 4.69) is 20.7 Å². The van der Waals surface area contributed by atoms with Gasteiger partial charge in [-0.25, -0.2) is 13.2 Å². The highest BCUT2D eigenvalue weighted by molar-refractivity contribution is 9.10. The molecule has 1 aromatic heterocycles. The number of aryl methyl sites for hydroxylation is 1. The number of hydrogen-bond donors (Lipinski definition) is 2. The minimum absolute atomic E-state index is 0.0494. The third-order valence-corrected chi connectivity index (χ3v) is 7.97. The number of rotatable bonds is 6. The summed E-state index contributed by atoms with van der Waals surface area (Å²) in [5, 5.41) is 9.07. The van der Waals surface area contributed by atoms with Crippen molar-refractivity contribution in [3.8, 4) is 26.6 Å². The van der Waals surface area contributed by atoms with Gasteiger partial charge in [-0.05, 0) is 53.4 Å². The molecule has 0 saturated carbocycles. The SMILES string of the molecule is Cc1ccccc1S(=O)(=O)Nc1cc(-c2ccc(-c3ccc(Br)cc3)cc2)sc1OC(=O)O. The summed E-state index contributed by atoms with van der Waals surface area (Å²) in [5.74, 6) is 0. The Bertz CT molecular complexity index is 1410. The van der Waals surface area contributed by atoms with Crippen LogP contribution in [0.1, 0.15) is 5.56 Å². The first-order valence-corrected chi connectivity index (χ1v) is 12.8. The number of halogens is 1. The fourth-order valence-electron chi connectivity index (χ4n) is 3.27. The molecule has 6 nitrogen and oxygen atoms in total. The summed E-state index contributed by atoms with van der Waals surface area (Å²) < 4.78 is 34.2. The molecule has 0 amide bonds. The number of carbonyl (C=O) groups is 1. The van der Waals surface area contributed by atoms with E-state index in [1.807, 2.05) is 48.5 Å². The molecule has 0 atom stereocenters. The van der Waals surface area contributed by atoms with Crippen molar-refractivity contribution in [2.45, 2.75) is 11.8 Å². The maximum absolute atomic E-state index is 12.9. The highest BCUT2D eigenvalue weighted by Crippen LogP contribution is 2.42. The molecule has 4 rings (SSSR count). The quantitative estimate of drug-likeness (QED) is 0.255. The van der Waals surface area contributed by atoms with Crippen LogP contribution in [0.5, 0.6) is 5.06 Å². The molecule has 0 bridgehead atoms. The van der Waals surface area contributed by atoms with E-state index in [1.165, 1.54) is 6.07 Å². The molecule has 0 aliphatic heterocycles. The van der Waals surface area contributed by atoms with Crippen LogP contribution < -0.4 is 9.46 Å². The predicted octanol–water partition coefficient (Wildman–Crippen LogP) is 7.01. The van der Waals surface area contributed by atoms with Crippen LogP contribution >= 0.6 is 27.3 Å². The molecule has 9 heteroatoms. The first-order valence-electron chi connectivity index (χ1n) is 9.72. The monoisotopic (exact) mass is 543 g/mol. The number of sulfonamides is 1. The smallest absolute Gasteiger partial charge is 0.449 e. The Morgan fingerprint density at radius 2 is 1.52 bits per heavy atom. The summed E-state index contributed by atoms with van der Waals surface area (Å²) >= 11 is 4.47. The van der Waals surface area contributed by atoms with Crippen LogP contribution in [-0.2, 0) is 10.0 Å². The molecule has 2 N–H and O–H groups in total. The van der Waals surface area contributed by atoms with Gasteiger partial charge in [0.2, 0.25) is 5.06 Å². The van der Waals surface area contributed by atoms with Crippen molar-refractivity contribution >= 4 is 49.1 Å².